The van der Waals surface area contributed by atoms with Gasteiger partial charge in [0.15, 0.2) is 10.8 Å². The van der Waals surface area contributed by atoms with Gasteiger partial charge in [-0.25, -0.2) is 4.98 Å². The number of carbonyl (C=O) groups is 1. The van der Waals surface area contributed by atoms with E-state index in [4.69, 9.17) is 11.6 Å². The van der Waals surface area contributed by atoms with Gasteiger partial charge in [0.2, 0.25) is 0 Å². The highest BCUT2D eigenvalue weighted by Crippen LogP contribution is 2.31. The number of Topliss-reactive ketones (excluding diaryl/α,β-unsaturated/α-hetero) is 1. The van der Waals surface area contributed by atoms with Crippen molar-refractivity contribution in [2.75, 3.05) is 0 Å². The molecule has 72 valence electrons. The summed E-state index contributed by atoms with van der Waals surface area (Å²) in [5.41, 5.74) is 0.831. The third kappa shape index (κ3) is 1.87. The van der Waals surface area contributed by atoms with Gasteiger partial charge in [0.05, 0.1) is 14.9 Å². The topological polar surface area (TPSA) is 30.0 Å². The van der Waals surface area contributed by atoms with E-state index in [1.165, 1.54) is 29.6 Å². The molecule has 2 aromatic heterocycles. The van der Waals surface area contributed by atoms with Crippen LogP contribution in [0.2, 0.25) is 4.34 Å². The zero-order valence-electron chi connectivity index (χ0n) is 7.28. The monoisotopic (exact) mass is 243 g/mol. The molecular formula is C9H6ClNOS2. The molecule has 0 bridgehead atoms. The quantitative estimate of drug-likeness (QED) is 0.753. The Bertz CT molecular complexity index is 475. The lowest BCUT2D eigenvalue weighted by Gasteiger charge is -1.86. The Balaban J connectivity index is 2.38. The summed E-state index contributed by atoms with van der Waals surface area (Å²) in [6.07, 6.45) is 0. The first-order valence-corrected chi connectivity index (χ1v) is 5.96. The zero-order chi connectivity index (χ0) is 10.1. The normalized spacial score (nSPS) is 10.4. The van der Waals surface area contributed by atoms with E-state index in [0.717, 1.165) is 14.9 Å². The predicted octanol–water partition coefficient (Wildman–Crippen LogP) is 3.73. The van der Waals surface area contributed by atoms with Gasteiger partial charge >= 0.3 is 0 Å². The minimum Gasteiger partial charge on any atom is -0.292 e. The Morgan fingerprint density at radius 1 is 1.50 bits per heavy atom. The molecule has 0 saturated carbocycles. The van der Waals surface area contributed by atoms with Crippen LogP contribution >= 0.6 is 34.3 Å². The van der Waals surface area contributed by atoms with E-state index in [0.29, 0.717) is 5.01 Å². The van der Waals surface area contributed by atoms with Crippen LogP contribution < -0.4 is 0 Å². The fourth-order valence-electron chi connectivity index (χ4n) is 1.00. The lowest BCUT2D eigenvalue weighted by Crippen LogP contribution is -1.89. The van der Waals surface area contributed by atoms with E-state index in [1.54, 1.807) is 0 Å². The lowest BCUT2D eigenvalue weighted by molar-refractivity contribution is 0.101. The van der Waals surface area contributed by atoms with Crippen molar-refractivity contribution >= 4 is 40.1 Å². The molecule has 0 radical (unpaired) electrons. The molecule has 0 atom stereocenters. The van der Waals surface area contributed by atoms with Crippen molar-refractivity contribution in [3.63, 3.8) is 0 Å². The zero-order valence-corrected chi connectivity index (χ0v) is 9.67. The van der Waals surface area contributed by atoms with Gasteiger partial charge in [0.25, 0.3) is 0 Å². The molecule has 5 heteroatoms. The number of ketones is 1. The summed E-state index contributed by atoms with van der Waals surface area (Å²) in [5, 5.41) is 2.42. The summed E-state index contributed by atoms with van der Waals surface area (Å²) in [6.45, 7) is 1.52. The highest BCUT2D eigenvalue weighted by molar-refractivity contribution is 7.19. The standard InChI is InChI=1S/C9H6ClNOS2/c1-5(12)9-11-6(4-13-9)7-2-3-8(10)14-7/h2-4H,1H3. The van der Waals surface area contributed by atoms with Gasteiger partial charge in [0, 0.05) is 12.3 Å². The Morgan fingerprint density at radius 3 is 2.79 bits per heavy atom. The van der Waals surface area contributed by atoms with Crippen LogP contribution in [-0.2, 0) is 0 Å². The number of aromatic nitrogens is 1. The van der Waals surface area contributed by atoms with Gasteiger partial charge in [-0.05, 0) is 12.1 Å². The number of rotatable bonds is 2. The summed E-state index contributed by atoms with van der Waals surface area (Å²) < 4.78 is 0.734. The number of nitrogens with zero attached hydrogens (tertiary/aromatic N) is 1. The first-order chi connectivity index (χ1) is 6.66. The van der Waals surface area contributed by atoms with E-state index < -0.39 is 0 Å². The van der Waals surface area contributed by atoms with Crippen molar-refractivity contribution < 1.29 is 4.79 Å². The van der Waals surface area contributed by atoms with E-state index in [9.17, 15) is 4.79 Å². The van der Waals surface area contributed by atoms with Crippen LogP contribution in [-0.4, -0.2) is 10.8 Å². The van der Waals surface area contributed by atoms with Crippen molar-refractivity contribution in [1.82, 2.24) is 4.98 Å². The number of halogens is 1. The van der Waals surface area contributed by atoms with Crippen LogP contribution in [0.15, 0.2) is 17.5 Å². The number of carbonyl (C=O) groups excluding carboxylic acids is 1. The fourth-order valence-corrected chi connectivity index (χ4v) is 2.80. The minimum atomic E-state index is 0.00361. The number of hydrogen-bond acceptors (Lipinski definition) is 4. The van der Waals surface area contributed by atoms with Gasteiger partial charge in [-0.1, -0.05) is 11.6 Å². The Hall–Kier alpha value is -0.710. The summed E-state index contributed by atoms with van der Waals surface area (Å²) in [7, 11) is 0. The second-order valence-electron chi connectivity index (χ2n) is 2.70. The summed E-state index contributed by atoms with van der Waals surface area (Å²) in [6, 6.07) is 3.74. The second kappa shape index (κ2) is 3.81. The molecule has 0 aliphatic carbocycles. The smallest absolute Gasteiger partial charge is 0.188 e. The van der Waals surface area contributed by atoms with Crippen LogP contribution in [0.25, 0.3) is 10.6 Å². The lowest BCUT2D eigenvalue weighted by atomic mass is 10.4. The Labute approximate surface area is 94.2 Å². The molecule has 2 aromatic rings. The van der Waals surface area contributed by atoms with Crippen molar-refractivity contribution in [2.45, 2.75) is 6.92 Å². The molecule has 0 saturated heterocycles. The molecule has 0 unspecified atom stereocenters. The van der Waals surface area contributed by atoms with Gasteiger partial charge in [0.1, 0.15) is 0 Å². The molecule has 0 aromatic carbocycles. The largest absolute Gasteiger partial charge is 0.292 e. The van der Waals surface area contributed by atoms with Crippen LogP contribution in [0.4, 0.5) is 0 Å². The first-order valence-electron chi connectivity index (χ1n) is 3.89. The predicted molar refractivity (Wildman–Crippen MR) is 60.4 cm³/mol. The highest BCUT2D eigenvalue weighted by Gasteiger charge is 2.09. The van der Waals surface area contributed by atoms with Crippen LogP contribution in [0.5, 0.6) is 0 Å². The molecule has 2 rings (SSSR count). The summed E-state index contributed by atoms with van der Waals surface area (Å²) in [5.74, 6) is 0.00361. The van der Waals surface area contributed by atoms with E-state index in [-0.39, 0.29) is 5.78 Å². The number of hydrogen-bond donors (Lipinski definition) is 0. The maximum Gasteiger partial charge on any atom is 0.188 e. The summed E-state index contributed by atoms with van der Waals surface area (Å²) >= 11 is 8.64. The van der Waals surface area contributed by atoms with Crippen molar-refractivity contribution in [1.29, 1.82) is 0 Å². The fraction of sp³-hybridized carbons (Fsp3) is 0.111. The molecular weight excluding hydrogens is 238 g/mol. The molecule has 0 fully saturated rings. The highest BCUT2D eigenvalue weighted by atomic mass is 35.5. The van der Waals surface area contributed by atoms with E-state index in [1.807, 2.05) is 17.5 Å². The van der Waals surface area contributed by atoms with Crippen molar-refractivity contribution in [3.8, 4) is 10.6 Å². The molecule has 2 nitrogen and oxygen atoms in total. The van der Waals surface area contributed by atoms with Gasteiger partial charge < -0.3 is 0 Å². The minimum absolute atomic E-state index is 0.00361. The maximum atomic E-state index is 11.0. The van der Waals surface area contributed by atoms with E-state index >= 15 is 0 Å². The van der Waals surface area contributed by atoms with Gasteiger partial charge in [-0.2, -0.15) is 0 Å². The maximum absolute atomic E-state index is 11.0. The molecule has 0 spiro atoms. The molecule has 2 heterocycles. The van der Waals surface area contributed by atoms with Crippen molar-refractivity contribution in [2.24, 2.45) is 0 Å². The second-order valence-corrected chi connectivity index (χ2v) is 5.27. The first kappa shape index (κ1) is 9.83. The molecule has 0 N–H and O–H groups in total. The van der Waals surface area contributed by atoms with Crippen LogP contribution in [0.1, 0.15) is 16.7 Å². The average molecular weight is 244 g/mol. The molecule has 14 heavy (non-hydrogen) atoms. The number of thiazole rings is 1. The third-order valence-electron chi connectivity index (χ3n) is 1.63. The molecule has 0 aliphatic rings. The molecule has 0 aliphatic heterocycles. The average Bonchev–Trinajstić information content (AvgIpc) is 2.70. The van der Waals surface area contributed by atoms with Gasteiger partial charge in [-0.15, -0.1) is 22.7 Å². The van der Waals surface area contributed by atoms with Crippen molar-refractivity contribution in [3.05, 3.63) is 26.9 Å². The third-order valence-corrected chi connectivity index (χ3v) is 3.83. The SMILES string of the molecule is CC(=O)c1nc(-c2ccc(Cl)s2)cs1. The van der Waals surface area contributed by atoms with Crippen LogP contribution in [0.3, 0.4) is 0 Å². The molecule has 0 amide bonds. The Morgan fingerprint density at radius 2 is 2.29 bits per heavy atom. The van der Waals surface area contributed by atoms with E-state index in [2.05, 4.69) is 4.98 Å². The van der Waals surface area contributed by atoms with Crippen LogP contribution in [0, 0.1) is 0 Å². The Kier molecular flexibility index (Phi) is 2.67. The number of thiophene rings is 1. The van der Waals surface area contributed by atoms with Gasteiger partial charge in [-0.3, -0.25) is 4.79 Å². The summed E-state index contributed by atoms with van der Waals surface area (Å²) in [4.78, 5) is 16.2.